The van der Waals surface area contributed by atoms with E-state index in [0.717, 1.165) is 22.0 Å². The molecule has 0 aliphatic carbocycles. The summed E-state index contributed by atoms with van der Waals surface area (Å²) < 4.78 is 23.1. The third-order valence-corrected chi connectivity index (χ3v) is 8.33. The molecule has 1 saturated heterocycles. The Morgan fingerprint density at radius 2 is 1.95 bits per heavy atom. The topological polar surface area (TPSA) is 115 Å². The quantitative estimate of drug-likeness (QED) is 0.308. The maximum Gasteiger partial charge on any atom is 0.257 e. The van der Waals surface area contributed by atoms with Crippen molar-refractivity contribution in [3.05, 3.63) is 95.7 Å². The minimum absolute atomic E-state index is 0.145. The largest absolute Gasteiger partial charge is 0.488 e. The Labute approximate surface area is 256 Å². The third kappa shape index (κ3) is 5.40. The summed E-state index contributed by atoms with van der Waals surface area (Å²) >= 11 is 6.20. The summed E-state index contributed by atoms with van der Waals surface area (Å²) in [5.74, 6) is -0.605. The maximum atomic E-state index is 13.8. The van der Waals surface area contributed by atoms with Gasteiger partial charge in [0.05, 0.1) is 47.2 Å². The van der Waals surface area contributed by atoms with Crippen molar-refractivity contribution in [3.8, 4) is 22.6 Å². The van der Waals surface area contributed by atoms with E-state index in [0.29, 0.717) is 17.9 Å². The van der Waals surface area contributed by atoms with Gasteiger partial charge < -0.3 is 20.1 Å². The number of fused-ring (bicyclic) bond motifs is 6. The van der Waals surface area contributed by atoms with E-state index in [2.05, 4.69) is 15.5 Å². The van der Waals surface area contributed by atoms with E-state index in [1.165, 1.54) is 40.2 Å². The second kappa shape index (κ2) is 11.4. The zero-order valence-corrected chi connectivity index (χ0v) is 24.2. The van der Waals surface area contributed by atoms with Crippen molar-refractivity contribution in [1.82, 2.24) is 29.8 Å². The van der Waals surface area contributed by atoms with E-state index >= 15 is 0 Å². The van der Waals surface area contributed by atoms with Crippen LogP contribution in [0.2, 0.25) is 5.02 Å². The molecule has 12 heteroatoms. The Morgan fingerprint density at radius 3 is 2.82 bits per heavy atom. The number of benzene rings is 3. The van der Waals surface area contributed by atoms with Crippen molar-refractivity contribution in [2.24, 2.45) is 0 Å². The Bertz CT molecular complexity index is 1890. The number of aliphatic hydroxyl groups excluding tert-OH is 1. The highest BCUT2D eigenvalue weighted by Crippen LogP contribution is 2.32. The number of carbonyl (C=O) groups excluding carboxylic acids is 2. The highest BCUT2D eigenvalue weighted by Gasteiger charge is 2.41. The van der Waals surface area contributed by atoms with Gasteiger partial charge >= 0.3 is 0 Å². The van der Waals surface area contributed by atoms with Gasteiger partial charge in [-0.2, -0.15) is 10.2 Å². The number of amides is 2. The van der Waals surface area contributed by atoms with E-state index in [-0.39, 0.29) is 42.5 Å². The normalized spacial score (nSPS) is 20.4. The van der Waals surface area contributed by atoms with Crippen molar-refractivity contribution >= 4 is 34.3 Å². The zero-order chi connectivity index (χ0) is 30.4. The van der Waals surface area contributed by atoms with Gasteiger partial charge in [0, 0.05) is 30.7 Å². The summed E-state index contributed by atoms with van der Waals surface area (Å²) in [7, 11) is 0. The number of ether oxygens (including phenoxy) is 1. The fourth-order valence-electron chi connectivity index (χ4n) is 5.91. The van der Waals surface area contributed by atoms with Crippen LogP contribution in [-0.4, -0.2) is 72.7 Å². The van der Waals surface area contributed by atoms with Crippen LogP contribution in [0.3, 0.4) is 0 Å². The molecule has 6 bridgehead atoms. The minimum atomic E-state index is -0.803. The number of aromatic nitrogens is 4. The van der Waals surface area contributed by atoms with Gasteiger partial charge in [0.2, 0.25) is 5.91 Å². The molecule has 10 nitrogen and oxygen atoms in total. The van der Waals surface area contributed by atoms with Crippen molar-refractivity contribution in [1.29, 1.82) is 0 Å². The van der Waals surface area contributed by atoms with Gasteiger partial charge in [-0.1, -0.05) is 35.9 Å². The minimum Gasteiger partial charge on any atom is -0.488 e. The van der Waals surface area contributed by atoms with Gasteiger partial charge in [-0.3, -0.25) is 14.3 Å². The first-order valence-corrected chi connectivity index (χ1v) is 14.7. The lowest BCUT2D eigenvalue weighted by atomic mass is 10.0. The first kappa shape index (κ1) is 28.1. The Morgan fingerprint density at radius 1 is 1.09 bits per heavy atom. The summed E-state index contributed by atoms with van der Waals surface area (Å²) in [6.07, 6.45) is 4.22. The monoisotopic (exact) mass is 614 g/mol. The van der Waals surface area contributed by atoms with Crippen molar-refractivity contribution in [2.45, 2.75) is 37.6 Å². The first-order valence-electron chi connectivity index (χ1n) is 14.3. The molecule has 0 unspecified atom stereocenters. The lowest BCUT2D eigenvalue weighted by Crippen LogP contribution is -2.46. The molecule has 3 aromatic carbocycles. The molecule has 2 aliphatic rings. The fourth-order valence-corrected chi connectivity index (χ4v) is 6.16. The van der Waals surface area contributed by atoms with Crippen LogP contribution >= 0.6 is 11.6 Å². The van der Waals surface area contributed by atoms with E-state index in [1.807, 2.05) is 48.7 Å². The van der Waals surface area contributed by atoms with E-state index < -0.39 is 30.0 Å². The molecule has 3 atom stereocenters. The van der Waals surface area contributed by atoms with Gasteiger partial charge in [0.1, 0.15) is 23.7 Å². The van der Waals surface area contributed by atoms with E-state index in [9.17, 15) is 19.1 Å². The van der Waals surface area contributed by atoms with Gasteiger partial charge in [-0.25, -0.2) is 9.07 Å². The van der Waals surface area contributed by atoms with Gasteiger partial charge in [-0.15, -0.1) is 0 Å². The van der Waals surface area contributed by atoms with Crippen LogP contribution in [-0.2, 0) is 11.3 Å². The predicted molar refractivity (Wildman–Crippen MR) is 161 cm³/mol. The molecule has 0 saturated carbocycles. The lowest BCUT2D eigenvalue weighted by molar-refractivity contribution is -0.125. The average molecular weight is 615 g/mol. The number of nitrogens with zero attached hydrogens (tertiary/aromatic N) is 5. The number of carbonyl (C=O) groups is 2. The van der Waals surface area contributed by atoms with Crippen molar-refractivity contribution in [2.75, 3.05) is 13.1 Å². The molecule has 5 aromatic rings. The third-order valence-electron chi connectivity index (χ3n) is 8.03. The second-order valence-corrected chi connectivity index (χ2v) is 11.5. The van der Waals surface area contributed by atoms with Crippen LogP contribution in [0.4, 0.5) is 4.39 Å². The Balaban J connectivity index is 1.20. The SMILES string of the molecule is O=C1NCC[C@@H](O)Cn2cc3c(cccc3n2)-c2cccc(c2)O[C@H]2C[C@@H]1N(C(=O)c1cnn(-c3ccc(F)cc3Cl)c1)C2. The molecule has 2 amide bonds. The number of rotatable bonds is 2. The molecule has 224 valence electrons. The molecule has 2 aliphatic heterocycles. The summed E-state index contributed by atoms with van der Waals surface area (Å²) in [4.78, 5) is 28.7. The van der Waals surface area contributed by atoms with Gasteiger partial charge in [0.15, 0.2) is 0 Å². The smallest absolute Gasteiger partial charge is 0.257 e. The molecule has 0 radical (unpaired) electrons. The second-order valence-electron chi connectivity index (χ2n) is 11.1. The van der Waals surface area contributed by atoms with Gasteiger partial charge in [-0.05, 0) is 53.9 Å². The van der Waals surface area contributed by atoms with Crippen LogP contribution in [0.5, 0.6) is 5.75 Å². The van der Waals surface area contributed by atoms with Crippen LogP contribution in [0.25, 0.3) is 27.7 Å². The molecule has 7 rings (SSSR count). The van der Waals surface area contributed by atoms with Gasteiger partial charge in [0.25, 0.3) is 5.91 Å². The lowest BCUT2D eigenvalue weighted by Gasteiger charge is -2.23. The maximum absolute atomic E-state index is 13.8. The summed E-state index contributed by atoms with van der Waals surface area (Å²) in [6.45, 7) is 0.664. The molecular weight excluding hydrogens is 587 g/mol. The average Bonchev–Trinajstić information content (AvgIpc) is 3.75. The number of hydrogen-bond acceptors (Lipinski definition) is 6. The van der Waals surface area contributed by atoms with Crippen molar-refractivity contribution in [3.63, 3.8) is 0 Å². The molecular formula is C32H28ClFN6O4. The molecule has 44 heavy (non-hydrogen) atoms. The van der Waals surface area contributed by atoms with E-state index in [4.69, 9.17) is 16.3 Å². The number of likely N-dealkylation sites (tertiary alicyclic amines) is 1. The van der Waals surface area contributed by atoms with Crippen LogP contribution in [0.1, 0.15) is 23.2 Å². The van der Waals surface area contributed by atoms with Crippen molar-refractivity contribution < 1.29 is 23.8 Å². The zero-order valence-electron chi connectivity index (χ0n) is 23.4. The predicted octanol–water partition coefficient (Wildman–Crippen LogP) is 4.22. The first-order chi connectivity index (χ1) is 21.3. The molecule has 4 heterocycles. The highest BCUT2D eigenvalue weighted by molar-refractivity contribution is 6.32. The number of aliphatic hydroxyl groups is 1. The number of nitrogens with one attached hydrogen (secondary N) is 1. The number of hydrogen-bond donors (Lipinski definition) is 2. The van der Waals surface area contributed by atoms with E-state index in [1.54, 1.807) is 4.68 Å². The standard InChI is InChI=1S/C32H28ClFN6O4/c33-27-12-21(34)7-8-29(27)40-15-20(14-36-40)32(43)39-17-24-13-30(39)31(42)35-10-9-22(41)16-38-18-26-25(5-2-6-28(26)37-38)19-3-1-4-23(11-19)44-24/h1-8,11-12,14-15,18,22,24,30,41H,9-10,13,16-17H2,(H,35,42)/t22-,24+,30+/m1/s1. The van der Waals surface area contributed by atoms with Crippen LogP contribution in [0.15, 0.2) is 79.3 Å². The molecule has 2 N–H and O–H groups in total. The Kier molecular flexibility index (Phi) is 7.27. The summed E-state index contributed by atoms with van der Waals surface area (Å²) in [5.41, 5.74) is 3.39. The molecule has 0 spiro atoms. The Hall–Kier alpha value is -4.74. The van der Waals surface area contributed by atoms with Crippen LogP contribution < -0.4 is 10.1 Å². The fraction of sp³-hybridized carbons (Fsp3) is 0.250. The highest BCUT2D eigenvalue weighted by atomic mass is 35.5. The number of halogens is 2. The molecule has 2 aromatic heterocycles. The summed E-state index contributed by atoms with van der Waals surface area (Å²) in [6, 6.07) is 16.7. The summed E-state index contributed by atoms with van der Waals surface area (Å²) in [5, 5.41) is 23.6. The molecule has 1 fully saturated rings. The van der Waals surface area contributed by atoms with Crippen LogP contribution in [0, 0.1) is 5.82 Å².